The lowest BCUT2D eigenvalue weighted by Gasteiger charge is -2.18. The van der Waals surface area contributed by atoms with Crippen LogP contribution in [0.15, 0.2) is 48.5 Å². The van der Waals surface area contributed by atoms with Gasteiger partial charge in [0, 0.05) is 6.54 Å². The molecule has 1 heterocycles. The van der Waals surface area contributed by atoms with E-state index < -0.39 is 18.3 Å². The maximum Gasteiger partial charge on any atom is 0.407 e. The highest BCUT2D eigenvalue weighted by atomic mass is 16.7. The van der Waals surface area contributed by atoms with Crippen molar-refractivity contribution >= 4 is 6.09 Å². The molecule has 3 N–H and O–H groups in total. The molecular weight excluding hydrogens is 338 g/mol. The molecule has 1 aliphatic heterocycles. The normalized spacial score (nSPS) is 14.5. The van der Waals surface area contributed by atoms with E-state index >= 15 is 0 Å². The molecule has 7 nitrogen and oxygen atoms in total. The first kappa shape index (κ1) is 18.0. The lowest BCUT2D eigenvalue weighted by molar-refractivity contribution is 0.0135. The zero-order valence-corrected chi connectivity index (χ0v) is 14.1. The molecule has 26 heavy (non-hydrogen) atoms. The van der Waals surface area contributed by atoms with Crippen molar-refractivity contribution in [2.24, 2.45) is 0 Å². The van der Waals surface area contributed by atoms with Gasteiger partial charge in [-0.05, 0) is 29.7 Å². The SMILES string of the molecule is O=C(NCCC(O)C(O)c1ccc2c(c1)OCO2)OCc1ccccc1. The summed E-state index contributed by atoms with van der Waals surface area (Å²) < 4.78 is 15.5. The van der Waals surface area contributed by atoms with Crippen molar-refractivity contribution in [2.45, 2.75) is 25.2 Å². The standard InChI is InChI=1S/C19H21NO6/c21-15(18(22)14-6-7-16-17(10-14)26-12-25-16)8-9-20-19(23)24-11-13-4-2-1-3-5-13/h1-7,10,15,18,21-22H,8-9,11-12H2,(H,20,23). The number of amides is 1. The molecule has 0 spiro atoms. The minimum atomic E-state index is -1.09. The highest BCUT2D eigenvalue weighted by molar-refractivity contribution is 5.67. The van der Waals surface area contributed by atoms with Gasteiger partial charge in [0.2, 0.25) is 6.79 Å². The van der Waals surface area contributed by atoms with E-state index in [-0.39, 0.29) is 26.4 Å². The number of rotatable bonds is 7. The Balaban J connectivity index is 1.40. The number of carbonyl (C=O) groups excluding carboxylic acids is 1. The van der Waals surface area contributed by atoms with Gasteiger partial charge in [0.25, 0.3) is 0 Å². The second kappa shape index (κ2) is 8.55. The predicted molar refractivity (Wildman–Crippen MR) is 92.8 cm³/mol. The van der Waals surface area contributed by atoms with Crippen molar-refractivity contribution in [3.8, 4) is 11.5 Å². The Hall–Kier alpha value is -2.77. The molecule has 0 aliphatic carbocycles. The van der Waals surface area contributed by atoms with Crippen LogP contribution >= 0.6 is 0 Å². The summed E-state index contributed by atoms with van der Waals surface area (Å²) in [7, 11) is 0. The van der Waals surface area contributed by atoms with Crippen molar-refractivity contribution in [3.05, 3.63) is 59.7 Å². The van der Waals surface area contributed by atoms with Gasteiger partial charge in [-0.1, -0.05) is 36.4 Å². The summed E-state index contributed by atoms with van der Waals surface area (Å²) in [5.74, 6) is 1.15. The molecule has 0 saturated heterocycles. The fourth-order valence-electron chi connectivity index (χ4n) is 2.57. The molecule has 1 amide bonds. The van der Waals surface area contributed by atoms with Crippen LogP contribution in [0.2, 0.25) is 0 Å². The fraction of sp³-hybridized carbons (Fsp3) is 0.316. The zero-order valence-electron chi connectivity index (χ0n) is 14.1. The predicted octanol–water partition coefficient (Wildman–Crippen LogP) is 2.13. The number of hydrogen-bond acceptors (Lipinski definition) is 6. The third-order valence-corrected chi connectivity index (χ3v) is 4.02. The lowest BCUT2D eigenvalue weighted by Crippen LogP contribution is -2.29. The first-order chi connectivity index (χ1) is 12.6. The van der Waals surface area contributed by atoms with Crippen molar-refractivity contribution in [1.82, 2.24) is 5.32 Å². The minimum Gasteiger partial charge on any atom is -0.454 e. The molecule has 3 rings (SSSR count). The minimum absolute atomic E-state index is 0.145. The second-order valence-electron chi connectivity index (χ2n) is 5.90. The van der Waals surface area contributed by atoms with Gasteiger partial charge >= 0.3 is 6.09 Å². The molecule has 0 aromatic heterocycles. The molecular formula is C19H21NO6. The largest absolute Gasteiger partial charge is 0.454 e. The number of benzene rings is 2. The molecule has 0 fully saturated rings. The van der Waals surface area contributed by atoms with E-state index in [1.807, 2.05) is 30.3 Å². The Morgan fingerprint density at radius 1 is 1.12 bits per heavy atom. The Morgan fingerprint density at radius 2 is 1.88 bits per heavy atom. The van der Waals surface area contributed by atoms with Crippen molar-refractivity contribution in [1.29, 1.82) is 0 Å². The van der Waals surface area contributed by atoms with E-state index in [1.54, 1.807) is 18.2 Å². The summed E-state index contributed by atoms with van der Waals surface area (Å²) >= 11 is 0. The van der Waals surface area contributed by atoms with Gasteiger partial charge in [-0.2, -0.15) is 0 Å². The van der Waals surface area contributed by atoms with Gasteiger partial charge < -0.3 is 29.7 Å². The highest BCUT2D eigenvalue weighted by Gasteiger charge is 2.22. The number of nitrogens with one attached hydrogen (secondary N) is 1. The lowest BCUT2D eigenvalue weighted by atomic mass is 10.0. The van der Waals surface area contributed by atoms with E-state index in [4.69, 9.17) is 14.2 Å². The van der Waals surface area contributed by atoms with Gasteiger partial charge in [0.1, 0.15) is 12.7 Å². The van der Waals surface area contributed by atoms with Crippen LogP contribution in [0.25, 0.3) is 0 Å². The first-order valence-electron chi connectivity index (χ1n) is 8.34. The fourth-order valence-corrected chi connectivity index (χ4v) is 2.57. The molecule has 2 aromatic rings. The highest BCUT2D eigenvalue weighted by Crippen LogP contribution is 2.35. The third-order valence-electron chi connectivity index (χ3n) is 4.02. The van der Waals surface area contributed by atoms with Crippen LogP contribution in [0.3, 0.4) is 0 Å². The molecule has 0 bridgehead atoms. The van der Waals surface area contributed by atoms with E-state index in [1.165, 1.54) is 0 Å². The van der Waals surface area contributed by atoms with Crippen LogP contribution < -0.4 is 14.8 Å². The van der Waals surface area contributed by atoms with Crippen LogP contribution in [0.5, 0.6) is 11.5 Å². The number of hydrogen-bond donors (Lipinski definition) is 3. The molecule has 0 saturated carbocycles. The Labute approximate surface area is 151 Å². The van der Waals surface area contributed by atoms with Gasteiger partial charge in [-0.25, -0.2) is 4.79 Å². The van der Waals surface area contributed by atoms with Crippen molar-refractivity contribution < 1.29 is 29.2 Å². The number of aliphatic hydroxyl groups is 2. The average Bonchev–Trinajstić information content (AvgIpc) is 3.14. The molecule has 2 unspecified atom stereocenters. The number of alkyl carbamates (subject to hydrolysis) is 1. The van der Waals surface area contributed by atoms with Gasteiger partial charge in [0.15, 0.2) is 11.5 Å². The van der Waals surface area contributed by atoms with Crippen LogP contribution in [-0.4, -0.2) is 35.7 Å². The van der Waals surface area contributed by atoms with Crippen molar-refractivity contribution in [3.63, 3.8) is 0 Å². The summed E-state index contributed by atoms with van der Waals surface area (Å²) in [5, 5.41) is 22.9. The number of aliphatic hydroxyl groups excluding tert-OH is 2. The van der Waals surface area contributed by atoms with E-state index in [9.17, 15) is 15.0 Å². The summed E-state index contributed by atoms with van der Waals surface area (Å²) in [6.45, 7) is 0.498. The van der Waals surface area contributed by atoms with Crippen LogP contribution in [0.4, 0.5) is 4.79 Å². The maximum absolute atomic E-state index is 11.7. The topological polar surface area (TPSA) is 97.3 Å². The van der Waals surface area contributed by atoms with Crippen LogP contribution in [0, 0.1) is 0 Å². The number of ether oxygens (including phenoxy) is 3. The molecule has 1 aliphatic rings. The van der Waals surface area contributed by atoms with E-state index in [0.717, 1.165) is 5.56 Å². The van der Waals surface area contributed by atoms with Crippen LogP contribution in [0.1, 0.15) is 23.7 Å². The molecule has 0 radical (unpaired) electrons. The summed E-state index contributed by atoms with van der Waals surface area (Å²) in [6, 6.07) is 14.3. The zero-order chi connectivity index (χ0) is 18.4. The molecule has 2 atom stereocenters. The maximum atomic E-state index is 11.7. The molecule has 138 valence electrons. The monoisotopic (exact) mass is 359 g/mol. The average molecular weight is 359 g/mol. The van der Waals surface area contributed by atoms with Gasteiger partial charge in [-0.15, -0.1) is 0 Å². The number of fused-ring (bicyclic) bond motifs is 1. The first-order valence-corrected chi connectivity index (χ1v) is 8.34. The Morgan fingerprint density at radius 3 is 2.69 bits per heavy atom. The summed E-state index contributed by atoms with van der Waals surface area (Å²) in [5.41, 5.74) is 1.41. The third kappa shape index (κ3) is 4.65. The Bertz CT molecular complexity index is 736. The Kier molecular flexibility index (Phi) is 5.93. The van der Waals surface area contributed by atoms with Crippen LogP contribution in [-0.2, 0) is 11.3 Å². The summed E-state index contributed by atoms with van der Waals surface area (Å²) in [4.78, 5) is 11.7. The van der Waals surface area contributed by atoms with Gasteiger partial charge in [0.05, 0.1) is 6.10 Å². The van der Waals surface area contributed by atoms with Crippen molar-refractivity contribution in [2.75, 3.05) is 13.3 Å². The van der Waals surface area contributed by atoms with Gasteiger partial charge in [-0.3, -0.25) is 0 Å². The quantitative estimate of drug-likeness (QED) is 0.701. The van der Waals surface area contributed by atoms with E-state index in [0.29, 0.717) is 17.1 Å². The molecule has 7 heteroatoms. The smallest absolute Gasteiger partial charge is 0.407 e. The molecule has 2 aromatic carbocycles. The number of carbonyl (C=O) groups is 1. The van der Waals surface area contributed by atoms with E-state index in [2.05, 4.69) is 5.32 Å². The summed E-state index contributed by atoms with van der Waals surface area (Å²) in [6.07, 6.45) is -2.52. The second-order valence-corrected chi connectivity index (χ2v) is 5.90.